The van der Waals surface area contributed by atoms with Crippen LogP contribution in [-0.4, -0.2) is 31.8 Å². The van der Waals surface area contributed by atoms with Crippen molar-refractivity contribution in [3.63, 3.8) is 0 Å². The summed E-state index contributed by atoms with van der Waals surface area (Å²) in [6.07, 6.45) is 6.27. The molecule has 1 aliphatic carbocycles. The molecule has 0 amide bonds. The van der Waals surface area contributed by atoms with Gasteiger partial charge in [-0.15, -0.1) is 0 Å². The number of nitrogens with one attached hydrogen (secondary N) is 1. The van der Waals surface area contributed by atoms with Crippen molar-refractivity contribution >= 4 is 5.96 Å². The van der Waals surface area contributed by atoms with Gasteiger partial charge in [0.15, 0.2) is 5.96 Å². The molecule has 1 aliphatic rings. The van der Waals surface area contributed by atoms with Crippen LogP contribution in [0.5, 0.6) is 5.75 Å². The van der Waals surface area contributed by atoms with Crippen LogP contribution in [0, 0.1) is 6.92 Å². The minimum atomic E-state index is 0.474. The van der Waals surface area contributed by atoms with E-state index in [4.69, 9.17) is 15.2 Å². The fourth-order valence-corrected chi connectivity index (χ4v) is 2.95. The van der Waals surface area contributed by atoms with E-state index in [0.29, 0.717) is 38.4 Å². The van der Waals surface area contributed by atoms with E-state index in [9.17, 15) is 0 Å². The number of nitrogens with zero attached hydrogens (tertiary/aromatic N) is 1. The first-order chi connectivity index (χ1) is 11.7. The average molecular weight is 333 g/mol. The lowest BCUT2D eigenvalue weighted by Crippen LogP contribution is -2.41. The summed E-state index contributed by atoms with van der Waals surface area (Å²) >= 11 is 0. The second kappa shape index (κ2) is 10.2. The quantitative estimate of drug-likeness (QED) is 0.436. The Morgan fingerprint density at radius 1 is 1.25 bits per heavy atom. The van der Waals surface area contributed by atoms with Crippen molar-refractivity contribution < 1.29 is 9.47 Å². The first kappa shape index (κ1) is 18.6. The molecular formula is C19H31N3O2. The van der Waals surface area contributed by atoms with E-state index in [1.165, 1.54) is 37.7 Å². The summed E-state index contributed by atoms with van der Waals surface area (Å²) in [4.78, 5) is 4.50. The van der Waals surface area contributed by atoms with Crippen molar-refractivity contribution in [2.24, 2.45) is 10.7 Å². The van der Waals surface area contributed by atoms with Gasteiger partial charge in [-0.25, -0.2) is 4.99 Å². The first-order valence-corrected chi connectivity index (χ1v) is 9.05. The zero-order valence-electron chi connectivity index (χ0n) is 15.0. The Bertz CT molecular complexity index is 525. The maximum absolute atomic E-state index is 6.05. The Labute approximate surface area is 145 Å². The Morgan fingerprint density at radius 3 is 2.79 bits per heavy atom. The minimum Gasteiger partial charge on any atom is -0.491 e. The zero-order chi connectivity index (χ0) is 17.2. The van der Waals surface area contributed by atoms with Crippen LogP contribution in [0.2, 0.25) is 0 Å². The summed E-state index contributed by atoms with van der Waals surface area (Å²) in [6.45, 7) is 6.41. The van der Waals surface area contributed by atoms with Crippen molar-refractivity contribution in [1.82, 2.24) is 5.32 Å². The van der Waals surface area contributed by atoms with Crippen LogP contribution in [0.1, 0.15) is 50.2 Å². The van der Waals surface area contributed by atoms with Gasteiger partial charge in [0.2, 0.25) is 0 Å². The highest BCUT2D eigenvalue weighted by Crippen LogP contribution is 2.21. The van der Waals surface area contributed by atoms with E-state index < -0.39 is 0 Å². The van der Waals surface area contributed by atoms with Crippen LogP contribution in [0.4, 0.5) is 0 Å². The largest absolute Gasteiger partial charge is 0.491 e. The van der Waals surface area contributed by atoms with Crippen molar-refractivity contribution in [1.29, 1.82) is 0 Å². The number of benzene rings is 1. The molecule has 24 heavy (non-hydrogen) atoms. The number of hydrogen-bond donors (Lipinski definition) is 2. The van der Waals surface area contributed by atoms with Gasteiger partial charge in [0.05, 0.1) is 13.2 Å². The van der Waals surface area contributed by atoms with E-state index in [1.807, 2.05) is 13.0 Å². The van der Waals surface area contributed by atoms with E-state index in [2.05, 4.69) is 29.4 Å². The zero-order valence-corrected chi connectivity index (χ0v) is 15.0. The smallest absolute Gasteiger partial charge is 0.189 e. The molecule has 1 saturated carbocycles. The molecule has 0 atom stereocenters. The second-order valence-corrected chi connectivity index (χ2v) is 6.34. The fraction of sp³-hybridized carbons (Fsp3) is 0.632. The van der Waals surface area contributed by atoms with Gasteiger partial charge in [-0.05, 0) is 38.3 Å². The third kappa shape index (κ3) is 6.40. The van der Waals surface area contributed by atoms with Crippen LogP contribution in [0.25, 0.3) is 0 Å². The SMILES string of the molecule is CCOCCOc1cc(C)ccc1CN=C(N)NC1CCCCC1. The summed E-state index contributed by atoms with van der Waals surface area (Å²) in [5, 5.41) is 3.35. The van der Waals surface area contributed by atoms with Crippen LogP contribution in [0.15, 0.2) is 23.2 Å². The third-order valence-electron chi connectivity index (χ3n) is 4.29. The number of rotatable bonds is 8. The van der Waals surface area contributed by atoms with E-state index in [0.717, 1.165) is 11.3 Å². The molecular weight excluding hydrogens is 302 g/mol. The maximum Gasteiger partial charge on any atom is 0.189 e. The summed E-state index contributed by atoms with van der Waals surface area (Å²) in [5.74, 6) is 1.40. The molecule has 0 aromatic heterocycles. The Balaban J connectivity index is 1.90. The molecule has 0 aliphatic heterocycles. The summed E-state index contributed by atoms with van der Waals surface area (Å²) < 4.78 is 11.2. The molecule has 1 aromatic carbocycles. The van der Waals surface area contributed by atoms with Gasteiger partial charge in [0, 0.05) is 18.2 Å². The number of aryl methyl sites for hydroxylation is 1. The van der Waals surface area contributed by atoms with Gasteiger partial charge in [0.1, 0.15) is 12.4 Å². The average Bonchev–Trinajstić information content (AvgIpc) is 2.59. The number of guanidine groups is 1. The van der Waals surface area contributed by atoms with Crippen LogP contribution in [-0.2, 0) is 11.3 Å². The van der Waals surface area contributed by atoms with Crippen LogP contribution < -0.4 is 15.8 Å². The molecule has 5 heteroatoms. The maximum atomic E-state index is 6.05. The summed E-state index contributed by atoms with van der Waals surface area (Å²) in [7, 11) is 0. The minimum absolute atomic E-state index is 0.474. The standard InChI is InChI=1S/C19H31N3O2/c1-3-23-11-12-24-18-13-15(2)9-10-16(18)14-21-19(20)22-17-7-5-4-6-8-17/h9-10,13,17H,3-8,11-12,14H2,1-2H3,(H3,20,21,22). The molecule has 0 spiro atoms. The Morgan fingerprint density at radius 2 is 2.04 bits per heavy atom. The topological polar surface area (TPSA) is 68.9 Å². The fourth-order valence-electron chi connectivity index (χ4n) is 2.95. The molecule has 2 rings (SSSR count). The van der Waals surface area contributed by atoms with Crippen molar-refractivity contribution in [2.75, 3.05) is 19.8 Å². The van der Waals surface area contributed by atoms with Gasteiger partial charge in [0.25, 0.3) is 0 Å². The number of hydrogen-bond acceptors (Lipinski definition) is 3. The molecule has 3 N–H and O–H groups in total. The molecule has 0 bridgehead atoms. The molecule has 0 heterocycles. The lowest BCUT2D eigenvalue weighted by atomic mass is 9.96. The second-order valence-electron chi connectivity index (χ2n) is 6.34. The van der Waals surface area contributed by atoms with Gasteiger partial charge < -0.3 is 20.5 Å². The van der Waals surface area contributed by atoms with Crippen LogP contribution in [0.3, 0.4) is 0 Å². The van der Waals surface area contributed by atoms with Gasteiger partial charge in [-0.1, -0.05) is 31.4 Å². The van der Waals surface area contributed by atoms with Crippen molar-refractivity contribution in [3.8, 4) is 5.75 Å². The monoisotopic (exact) mass is 333 g/mol. The normalized spacial score (nSPS) is 16.2. The van der Waals surface area contributed by atoms with Gasteiger partial charge in [-0.2, -0.15) is 0 Å². The highest BCUT2D eigenvalue weighted by molar-refractivity contribution is 5.78. The molecule has 5 nitrogen and oxygen atoms in total. The van der Waals surface area contributed by atoms with Gasteiger partial charge in [-0.3, -0.25) is 0 Å². The lowest BCUT2D eigenvalue weighted by molar-refractivity contribution is 0.110. The predicted octanol–water partition coefficient (Wildman–Crippen LogP) is 3.15. The molecule has 0 radical (unpaired) electrons. The summed E-state index contributed by atoms with van der Waals surface area (Å²) in [5.41, 5.74) is 8.27. The van der Waals surface area contributed by atoms with E-state index >= 15 is 0 Å². The van der Waals surface area contributed by atoms with E-state index in [1.54, 1.807) is 0 Å². The number of aliphatic imine (C=N–C) groups is 1. The predicted molar refractivity (Wildman–Crippen MR) is 98.5 cm³/mol. The van der Waals surface area contributed by atoms with Crippen molar-refractivity contribution in [3.05, 3.63) is 29.3 Å². The highest BCUT2D eigenvalue weighted by atomic mass is 16.5. The van der Waals surface area contributed by atoms with Crippen molar-refractivity contribution in [2.45, 2.75) is 58.5 Å². The first-order valence-electron chi connectivity index (χ1n) is 9.05. The molecule has 134 valence electrons. The number of ether oxygens (including phenoxy) is 2. The van der Waals surface area contributed by atoms with Crippen LogP contribution >= 0.6 is 0 Å². The number of nitrogens with two attached hydrogens (primary N) is 1. The molecule has 1 fully saturated rings. The Hall–Kier alpha value is -1.75. The Kier molecular flexibility index (Phi) is 7.89. The lowest BCUT2D eigenvalue weighted by Gasteiger charge is -2.23. The molecule has 0 unspecified atom stereocenters. The summed E-state index contributed by atoms with van der Waals surface area (Å²) in [6, 6.07) is 6.65. The van der Waals surface area contributed by atoms with Gasteiger partial charge >= 0.3 is 0 Å². The third-order valence-corrected chi connectivity index (χ3v) is 4.29. The molecule has 0 saturated heterocycles. The van der Waals surface area contributed by atoms with E-state index in [-0.39, 0.29) is 0 Å². The highest BCUT2D eigenvalue weighted by Gasteiger charge is 2.13. The molecule has 1 aromatic rings.